The van der Waals surface area contributed by atoms with E-state index in [1.54, 1.807) is 0 Å². The molecule has 0 fully saturated rings. The number of nitrogens with one attached hydrogen (secondary N) is 2. The molecule has 0 bridgehead atoms. The summed E-state index contributed by atoms with van der Waals surface area (Å²) < 4.78 is 4.75. The maximum absolute atomic E-state index is 11.5. The van der Waals surface area contributed by atoms with Crippen molar-refractivity contribution in [2.75, 3.05) is 20.3 Å². The predicted molar refractivity (Wildman–Crippen MR) is 73.3 cm³/mol. The fraction of sp³-hybridized carbons (Fsp3) is 0.385. The van der Waals surface area contributed by atoms with Crippen LogP contribution in [0.4, 0.5) is 4.79 Å². The van der Waals surface area contributed by atoms with E-state index in [2.05, 4.69) is 10.6 Å². The Morgan fingerprint density at radius 3 is 2.57 bits per heavy atom. The molecule has 1 unspecified atom stereocenters. The molecule has 116 valence electrons. The number of carbonyl (C=O) groups excluding carboxylic acids is 1. The van der Waals surface area contributed by atoms with E-state index >= 15 is 0 Å². The molecule has 2 amide bonds. The normalized spacial score (nSPS) is 11.7. The van der Waals surface area contributed by atoms with Crippen molar-refractivity contribution in [3.05, 3.63) is 23.8 Å². The molecule has 0 heterocycles. The molecular formula is C13H18N2O6. The maximum atomic E-state index is 11.5. The Labute approximate surface area is 121 Å². The van der Waals surface area contributed by atoms with Gasteiger partial charge in [-0.05, 0) is 17.7 Å². The fourth-order valence-electron chi connectivity index (χ4n) is 1.61. The van der Waals surface area contributed by atoms with Crippen LogP contribution in [-0.2, 0) is 16.0 Å². The lowest BCUT2D eigenvalue weighted by Crippen LogP contribution is -2.47. The van der Waals surface area contributed by atoms with E-state index in [0.29, 0.717) is 12.2 Å². The number of benzene rings is 1. The average molecular weight is 298 g/mol. The molecule has 21 heavy (non-hydrogen) atoms. The Hall–Kier alpha value is -2.48. The van der Waals surface area contributed by atoms with Gasteiger partial charge in [0, 0.05) is 20.1 Å². The quantitative estimate of drug-likeness (QED) is 0.357. The number of methoxy groups -OCH3 is 1. The van der Waals surface area contributed by atoms with Crippen LogP contribution in [0.2, 0.25) is 0 Å². The van der Waals surface area contributed by atoms with Gasteiger partial charge in [-0.25, -0.2) is 9.59 Å². The molecule has 1 atom stereocenters. The minimum atomic E-state index is -1.20. The van der Waals surface area contributed by atoms with Crippen molar-refractivity contribution in [3.8, 4) is 11.5 Å². The molecule has 0 saturated heterocycles. The fourth-order valence-corrected chi connectivity index (χ4v) is 1.61. The van der Waals surface area contributed by atoms with Crippen LogP contribution in [0.1, 0.15) is 5.56 Å². The van der Waals surface area contributed by atoms with E-state index in [-0.39, 0.29) is 24.5 Å². The van der Waals surface area contributed by atoms with Crippen molar-refractivity contribution in [1.29, 1.82) is 0 Å². The van der Waals surface area contributed by atoms with E-state index in [1.807, 2.05) is 0 Å². The highest BCUT2D eigenvalue weighted by molar-refractivity contribution is 5.82. The topological polar surface area (TPSA) is 128 Å². The first-order valence-corrected chi connectivity index (χ1v) is 6.21. The standard InChI is InChI=1S/C13H18N2O6/c1-21-5-4-14-13(20)15-9(12(18)19)6-8-2-3-10(16)11(17)7-8/h2-3,7,9,16-17H,4-6H2,1H3,(H,18,19)(H2,14,15,20). The van der Waals surface area contributed by atoms with Crippen LogP contribution in [0, 0.1) is 0 Å². The van der Waals surface area contributed by atoms with Gasteiger partial charge in [-0.1, -0.05) is 6.07 Å². The summed E-state index contributed by atoms with van der Waals surface area (Å²) >= 11 is 0. The summed E-state index contributed by atoms with van der Waals surface area (Å²) in [5.41, 5.74) is 0.467. The van der Waals surface area contributed by atoms with Crippen LogP contribution < -0.4 is 10.6 Å². The number of aliphatic carboxylic acids is 1. The molecule has 8 nitrogen and oxygen atoms in total. The Kier molecular flexibility index (Phi) is 6.28. The van der Waals surface area contributed by atoms with E-state index in [0.717, 1.165) is 0 Å². The number of carbonyl (C=O) groups is 2. The van der Waals surface area contributed by atoms with Gasteiger partial charge in [0.1, 0.15) is 6.04 Å². The van der Waals surface area contributed by atoms with E-state index < -0.39 is 18.0 Å². The number of phenolic OH excluding ortho intramolecular Hbond substituents is 2. The summed E-state index contributed by atoms with van der Waals surface area (Å²) in [5, 5.41) is 32.4. The molecule has 5 N–H and O–H groups in total. The summed E-state index contributed by atoms with van der Waals surface area (Å²) in [4.78, 5) is 22.7. The van der Waals surface area contributed by atoms with Crippen molar-refractivity contribution in [2.45, 2.75) is 12.5 Å². The monoisotopic (exact) mass is 298 g/mol. The minimum Gasteiger partial charge on any atom is -0.504 e. The molecule has 1 aromatic rings. The Balaban J connectivity index is 2.63. The molecule has 1 rings (SSSR count). The molecule has 0 aromatic heterocycles. The van der Waals surface area contributed by atoms with Gasteiger partial charge >= 0.3 is 12.0 Å². The van der Waals surface area contributed by atoms with Crippen molar-refractivity contribution in [2.24, 2.45) is 0 Å². The number of hydrogen-bond acceptors (Lipinski definition) is 5. The second-order valence-corrected chi connectivity index (χ2v) is 4.31. The number of urea groups is 1. The molecule has 1 aromatic carbocycles. The zero-order valence-electron chi connectivity index (χ0n) is 11.5. The Bertz CT molecular complexity index is 505. The van der Waals surface area contributed by atoms with Crippen LogP contribution in [-0.4, -0.2) is 53.6 Å². The Morgan fingerprint density at radius 1 is 1.29 bits per heavy atom. The molecule has 8 heteroatoms. The van der Waals surface area contributed by atoms with Gasteiger partial charge in [0.05, 0.1) is 6.61 Å². The number of carboxylic acids is 1. The van der Waals surface area contributed by atoms with Crippen molar-refractivity contribution < 1.29 is 29.6 Å². The number of amides is 2. The highest BCUT2D eigenvalue weighted by atomic mass is 16.5. The van der Waals surface area contributed by atoms with Crippen LogP contribution in [0.5, 0.6) is 11.5 Å². The number of phenols is 2. The first-order valence-electron chi connectivity index (χ1n) is 6.21. The molecule has 0 spiro atoms. The van der Waals surface area contributed by atoms with Crippen LogP contribution in [0.25, 0.3) is 0 Å². The lowest BCUT2D eigenvalue weighted by atomic mass is 10.1. The van der Waals surface area contributed by atoms with Gasteiger partial charge in [0.25, 0.3) is 0 Å². The van der Waals surface area contributed by atoms with Crippen LogP contribution in [0.3, 0.4) is 0 Å². The molecular weight excluding hydrogens is 280 g/mol. The van der Waals surface area contributed by atoms with Crippen LogP contribution >= 0.6 is 0 Å². The van der Waals surface area contributed by atoms with Gasteiger partial charge < -0.3 is 30.7 Å². The lowest BCUT2D eigenvalue weighted by molar-refractivity contribution is -0.139. The molecule has 0 radical (unpaired) electrons. The SMILES string of the molecule is COCCNC(=O)NC(Cc1ccc(O)c(O)c1)C(=O)O. The summed E-state index contributed by atoms with van der Waals surface area (Å²) in [6.07, 6.45) is -0.0269. The predicted octanol–water partition coefficient (Wildman–Crippen LogP) is 0.0391. The van der Waals surface area contributed by atoms with Crippen LogP contribution in [0.15, 0.2) is 18.2 Å². The first-order chi connectivity index (χ1) is 9.93. The molecule has 0 saturated carbocycles. The minimum absolute atomic E-state index is 0.0269. The summed E-state index contributed by atoms with van der Waals surface area (Å²) in [6.45, 7) is 0.575. The largest absolute Gasteiger partial charge is 0.504 e. The Morgan fingerprint density at radius 2 is 2.00 bits per heavy atom. The summed E-state index contributed by atoms with van der Waals surface area (Å²) in [7, 11) is 1.48. The van der Waals surface area contributed by atoms with E-state index in [9.17, 15) is 19.8 Å². The average Bonchev–Trinajstić information content (AvgIpc) is 2.42. The summed E-state index contributed by atoms with van der Waals surface area (Å²) in [5.74, 6) is -1.85. The number of ether oxygens (including phenoxy) is 1. The van der Waals surface area contributed by atoms with Gasteiger partial charge in [0.15, 0.2) is 11.5 Å². The van der Waals surface area contributed by atoms with Gasteiger partial charge in [-0.2, -0.15) is 0 Å². The third-order valence-electron chi connectivity index (χ3n) is 2.67. The highest BCUT2D eigenvalue weighted by Gasteiger charge is 2.20. The first kappa shape index (κ1) is 16.6. The number of aromatic hydroxyl groups is 2. The third kappa shape index (κ3) is 5.57. The maximum Gasteiger partial charge on any atom is 0.326 e. The number of rotatable bonds is 7. The zero-order valence-corrected chi connectivity index (χ0v) is 11.5. The number of hydrogen-bond donors (Lipinski definition) is 5. The molecule has 0 aliphatic heterocycles. The molecule has 0 aliphatic rings. The summed E-state index contributed by atoms with van der Waals surface area (Å²) in [6, 6.07) is 2.19. The van der Waals surface area contributed by atoms with Gasteiger partial charge in [-0.15, -0.1) is 0 Å². The van der Waals surface area contributed by atoms with Crippen molar-refractivity contribution >= 4 is 12.0 Å². The van der Waals surface area contributed by atoms with Crippen molar-refractivity contribution in [1.82, 2.24) is 10.6 Å². The smallest absolute Gasteiger partial charge is 0.326 e. The third-order valence-corrected chi connectivity index (χ3v) is 2.67. The van der Waals surface area contributed by atoms with Gasteiger partial charge in [-0.3, -0.25) is 0 Å². The highest BCUT2D eigenvalue weighted by Crippen LogP contribution is 2.25. The molecule has 0 aliphatic carbocycles. The second kappa shape index (κ2) is 7.95. The second-order valence-electron chi connectivity index (χ2n) is 4.31. The van der Waals surface area contributed by atoms with Crippen molar-refractivity contribution in [3.63, 3.8) is 0 Å². The zero-order chi connectivity index (χ0) is 15.8. The number of carboxylic acid groups (broad SMARTS) is 1. The van der Waals surface area contributed by atoms with E-state index in [1.165, 1.54) is 25.3 Å². The lowest BCUT2D eigenvalue weighted by Gasteiger charge is -2.15. The van der Waals surface area contributed by atoms with Gasteiger partial charge in [0.2, 0.25) is 0 Å². The van der Waals surface area contributed by atoms with E-state index in [4.69, 9.17) is 9.84 Å².